The van der Waals surface area contributed by atoms with Crippen molar-refractivity contribution in [1.29, 1.82) is 0 Å². The molecule has 0 amide bonds. The second-order valence-electron chi connectivity index (χ2n) is 5.17. The van der Waals surface area contributed by atoms with Crippen LogP contribution < -0.4 is 0 Å². The fourth-order valence-corrected chi connectivity index (χ4v) is 2.17. The molecule has 1 saturated carbocycles. The molecule has 1 fully saturated rings. The molecule has 0 aliphatic heterocycles. The Morgan fingerprint density at radius 3 is 2.47 bits per heavy atom. The minimum absolute atomic E-state index is 0.0131. The summed E-state index contributed by atoms with van der Waals surface area (Å²) in [5.41, 5.74) is 1.68. The molecule has 0 spiro atoms. The molecule has 15 heavy (non-hydrogen) atoms. The highest BCUT2D eigenvalue weighted by Gasteiger charge is 2.33. The van der Waals surface area contributed by atoms with Gasteiger partial charge in [0.05, 0.1) is 17.8 Å². The SMILES string of the molecule is CC(C)(C)n1nc(C2CC2)c(CO)c1Cl. The van der Waals surface area contributed by atoms with Gasteiger partial charge in [0.15, 0.2) is 0 Å². The Hall–Kier alpha value is -0.540. The molecule has 0 atom stereocenters. The van der Waals surface area contributed by atoms with E-state index in [0.29, 0.717) is 11.1 Å². The first-order chi connectivity index (χ1) is 6.95. The highest BCUT2D eigenvalue weighted by molar-refractivity contribution is 6.30. The predicted molar refractivity (Wildman–Crippen MR) is 60.1 cm³/mol. The van der Waals surface area contributed by atoms with E-state index in [-0.39, 0.29) is 12.1 Å². The van der Waals surface area contributed by atoms with Gasteiger partial charge >= 0.3 is 0 Å². The van der Waals surface area contributed by atoms with Gasteiger partial charge in [0.2, 0.25) is 0 Å². The average molecular weight is 229 g/mol. The lowest BCUT2D eigenvalue weighted by atomic mass is 10.1. The number of hydrogen-bond donors (Lipinski definition) is 1. The second kappa shape index (κ2) is 3.49. The molecule has 0 saturated heterocycles. The van der Waals surface area contributed by atoms with Gasteiger partial charge in [0.1, 0.15) is 5.15 Å². The fourth-order valence-electron chi connectivity index (χ4n) is 1.72. The topological polar surface area (TPSA) is 38.0 Å². The van der Waals surface area contributed by atoms with Crippen molar-refractivity contribution in [1.82, 2.24) is 9.78 Å². The number of aliphatic hydroxyl groups is 1. The van der Waals surface area contributed by atoms with Gasteiger partial charge in [-0.3, -0.25) is 0 Å². The number of halogens is 1. The lowest BCUT2D eigenvalue weighted by Crippen LogP contribution is -2.23. The summed E-state index contributed by atoms with van der Waals surface area (Å²) in [6, 6.07) is 0. The van der Waals surface area contributed by atoms with Crippen LogP contribution in [0.15, 0.2) is 0 Å². The molecule has 1 aromatic rings. The molecule has 1 aliphatic carbocycles. The lowest BCUT2D eigenvalue weighted by molar-refractivity contribution is 0.280. The predicted octanol–water partition coefficient (Wildman–Crippen LogP) is 2.66. The molecule has 2 rings (SSSR count). The van der Waals surface area contributed by atoms with Crippen LogP contribution in [-0.4, -0.2) is 14.9 Å². The lowest BCUT2D eigenvalue weighted by Gasteiger charge is -2.20. The highest BCUT2D eigenvalue weighted by atomic mass is 35.5. The first-order valence-electron chi connectivity index (χ1n) is 5.33. The minimum Gasteiger partial charge on any atom is -0.391 e. The van der Waals surface area contributed by atoms with Crippen molar-refractivity contribution >= 4 is 11.6 Å². The Balaban J connectivity index is 2.49. The van der Waals surface area contributed by atoms with E-state index >= 15 is 0 Å². The standard InChI is InChI=1S/C11H17ClN2O/c1-11(2,3)14-10(12)8(6-15)9(13-14)7-4-5-7/h7,15H,4-6H2,1-3H3. The van der Waals surface area contributed by atoms with Crippen LogP contribution in [0.4, 0.5) is 0 Å². The van der Waals surface area contributed by atoms with Crippen LogP contribution in [0, 0.1) is 0 Å². The molecule has 84 valence electrons. The van der Waals surface area contributed by atoms with Crippen LogP contribution in [0.2, 0.25) is 5.15 Å². The van der Waals surface area contributed by atoms with Gasteiger partial charge in [-0.05, 0) is 33.6 Å². The molecule has 1 heterocycles. The summed E-state index contributed by atoms with van der Waals surface area (Å²) in [5, 5.41) is 14.4. The van der Waals surface area contributed by atoms with E-state index in [1.54, 1.807) is 0 Å². The monoisotopic (exact) mass is 228 g/mol. The van der Waals surface area contributed by atoms with Crippen LogP contribution in [0.5, 0.6) is 0 Å². The van der Waals surface area contributed by atoms with Gasteiger partial charge in [-0.25, -0.2) is 4.68 Å². The second-order valence-corrected chi connectivity index (χ2v) is 5.53. The van der Waals surface area contributed by atoms with E-state index in [2.05, 4.69) is 25.9 Å². The van der Waals surface area contributed by atoms with Crippen molar-refractivity contribution in [2.75, 3.05) is 0 Å². The zero-order valence-corrected chi connectivity index (χ0v) is 10.2. The molecule has 1 aliphatic rings. The Morgan fingerprint density at radius 1 is 1.47 bits per heavy atom. The van der Waals surface area contributed by atoms with Crippen molar-refractivity contribution in [2.45, 2.75) is 51.7 Å². The van der Waals surface area contributed by atoms with Gasteiger partial charge in [-0.2, -0.15) is 5.10 Å². The molecule has 1 N–H and O–H groups in total. The van der Waals surface area contributed by atoms with Crippen LogP contribution in [0.3, 0.4) is 0 Å². The molecule has 0 aromatic carbocycles. The van der Waals surface area contributed by atoms with Crippen LogP contribution >= 0.6 is 11.6 Å². The number of hydrogen-bond acceptors (Lipinski definition) is 2. The normalized spacial score (nSPS) is 17.1. The average Bonchev–Trinajstić information content (AvgIpc) is 2.88. The molecule has 1 aromatic heterocycles. The van der Waals surface area contributed by atoms with Gasteiger partial charge < -0.3 is 5.11 Å². The third-order valence-electron chi connectivity index (χ3n) is 2.71. The van der Waals surface area contributed by atoms with Gasteiger partial charge in [0, 0.05) is 11.5 Å². The third-order valence-corrected chi connectivity index (χ3v) is 3.10. The molecular formula is C11H17ClN2O. The van der Waals surface area contributed by atoms with E-state index in [1.165, 1.54) is 12.8 Å². The zero-order chi connectivity index (χ0) is 11.2. The summed E-state index contributed by atoms with van der Waals surface area (Å²) in [4.78, 5) is 0. The van der Waals surface area contributed by atoms with Gasteiger partial charge in [-0.15, -0.1) is 0 Å². The summed E-state index contributed by atoms with van der Waals surface area (Å²) >= 11 is 6.23. The minimum atomic E-state index is -0.131. The number of rotatable bonds is 2. The molecule has 3 nitrogen and oxygen atoms in total. The van der Waals surface area contributed by atoms with E-state index < -0.39 is 0 Å². The van der Waals surface area contributed by atoms with Gasteiger partial charge in [-0.1, -0.05) is 11.6 Å². The number of aliphatic hydroxyl groups excluding tert-OH is 1. The van der Waals surface area contributed by atoms with Crippen LogP contribution in [0.25, 0.3) is 0 Å². The van der Waals surface area contributed by atoms with Crippen molar-refractivity contribution in [2.24, 2.45) is 0 Å². The van der Waals surface area contributed by atoms with E-state index in [9.17, 15) is 5.11 Å². The maximum atomic E-state index is 9.32. The summed E-state index contributed by atoms with van der Waals surface area (Å²) in [6.45, 7) is 6.16. The largest absolute Gasteiger partial charge is 0.391 e. The van der Waals surface area contributed by atoms with Crippen LogP contribution in [-0.2, 0) is 12.1 Å². The molecular weight excluding hydrogens is 212 g/mol. The van der Waals surface area contributed by atoms with Crippen molar-refractivity contribution in [3.63, 3.8) is 0 Å². The Kier molecular flexibility index (Phi) is 2.55. The van der Waals surface area contributed by atoms with Crippen molar-refractivity contribution in [3.8, 4) is 0 Å². The zero-order valence-electron chi connectivity index (χ0n) is 9.42. The molecule has 0 radical (unpaired) electrons. The van der Waals surface area contributed by atoms with Gasteiger partial charge in [0.25, 0.3) is 0 Å². The third kappa shape index (κ3) is 1.91. The Morgan fingerprint density at radius 2 is 2.07 bits per heavy atom. The number of nitrogens with zero attached hydrogens (tertiary/aromatic N) is 2. The maximum absolute atomic E-state index is 9.32. The summed E-state index contributed by atoms with van der Waals surface area (Å²) in [6.07, 6.45) is 2.34. The van der Waals surface area contributed by atoms with Crippen molar-refractivity contribution < 1.29 is 5.11 Å². The fraction of sp³-hybridized carbons (Fsp3) is 0.727. The summed E-state index contributed by atoms with van der Waals surface area (Å²) in [7, 11) is 0. The first kappa shape index (κ1) is 11.0. The maximum Gasteiger partial charge on any atom is 0.133 e. The highest BCUT2D eigenvalue weighted by Crippen LogP contribution is 2.43. The number of aromatic nitrogens is 2. The summed E-state index contributed by atoms with van der Waals surface area (Å²) in [5.74, 6) is 0.522. The molecule has 0 bridgehead atoms. The molecule has 0 unspecified atom stereocenters. The van der Waals surface area contributed by atoms with E-state index in [1.807, 2.05) is 4.68 Å². The van der Waals surface area contributed by atoms with Crippen LogP contribution in [0.1, 0.15) is 50.8 Å². The van der Waals surface area contributed by atoms with E-state index in [0.717, 1.165) is 11.3 Å². The Bertz CT molecular complexity index is 375. The summed E-state index contributed by atoms with van der Waals surface area (Å²) < 4.78 is 1.81. The smallest absolute Gasteiger partial charge is 0.133 e. The van der Waals surface area contributed by atoms with Crippen molar-refractivity contribution in [3.05, 3.63) is 16.4 Å². The molecule has 4 heteroatoms. The Labute approximate surface area is 95.0 Å². The first-order valence-corrected chi connectivity index (χ1v) is 5.71. The quantitative estimate of drug-likeness (QED) is 0.845. The van der Waals surface area contributed by atoms with E-state index in [4.69, 9.17) is 11.6 Å².